The highest BCUT2D eigenvalue weighted by Crippen LogP contribution is 2.42. The van der Waals surface area contributed by atoms with Gasteiger partial charge in [-0.05, 0) is 50.4 Å². The third-order valence-corrected chi connectivity index (χ3v) is 4.26. The fourth-order valence-corrected chi connectivity index (χ4v) is 2.73. The van der Waals surface area contributed by atoms with Crippen molar-refractivity contribution in [1.29, 1.82) is 0 Å². The van der Waals surface area contributed by atoms with Crippen LogP contribution >= 0.6 is 0 Å². The van der Waals surface area contributed by atoms with Gasteiger partial charge in [-0.2, -0.15) is 13.2 Å². The van der Waals surface area contributed by atoms with Crippen molar-refractivity contribution in [3.05, 3.63) is 35.4 Å². The Labute approximate surface area is 117 Å². The smallest absolute Gasteiger partial charge is 0.378 e. The van der Waals surface area contributed by atoms with Gasteiger partial charge in [-0.15, -0.1) is 0 Å². The molecule has 1 aromatic rings. The topological polar surface area (TPSA) is 21.3 Å². The zero-order chi connectivity index (χ0) is 14.8. The van der Waals surface area contributed by atoms with Gasteiger partial charge in [-0.1, -0.05) is 12.1 Å². The number of halogens is 3. The normalized spacial score (nSPS) is 19.4. The number of ether oxygens (including phenoxy) is 1. The molecule has 0 radical (unpaired) electrons. The van der Waals surface area contributed by atoms with Crippen molar-refractivity contribution in [3.8, 4) is 0 Å². The fraction of sp³-hybridized carbons (Fsp3) is 0.600. The molecular weight excluding hydrogens is 267 g/mol. The molecule has 5 heteroatoms. The lowest BCUT2D eigenvalue weighted by molar-refractivity contribution is -0.137. The maximum absolute atomic E-state index is 12.6. The SMILES string of the molecule is CNC(CC1(OC)CCC1)c1ccc(C(F)(F)F)cc1. The van der Waals surface area contributed by atoms with E-state index in [1.165, 1.54) is 0 Å². The Balaban J connectivity index is 2.11. The largest absolute Gasteiger partial charge is 0.416 e. The summed E-state index contributed by atoms with van der Waals surface area (Å²) in [6.07, 6.45) is -0.317. The molecule has 1 saturated carbocycles. The molecule has 0 aliphatic heterocycles. The molecule has 1 fully saturated rings. The number of hydrogen-bond acceptors (Lipinski definition) is 2. The fourth-order valence-electron chi connectivity index (χ4n) is 2.73. The molecule has 1 unspecified atom stereocenters. The quantitative estimate of drug-likeness (QED) is 0.886. The first kappa shape index (κ1) is 15.3. The molecule has 0 bridgehead atoms. The van der Waals surface area contributed by atoms with E-state index in [0.717, 1.165) is 43.4 Å². The Hall–Kier alpha value is -1.07. The van der Waals surface area contributed by atoms with Crippen LogP contribution in [0, 0.1) is 0 Å². The van der Waals surface area contributed by atoms with E-state index in [4.69, 9.17) is 4.74 Å². The van der Waals surface area contributed by atoms with Gasteiger partial charge in [0.25, 0.3) is 0 Å². The van der Waals surface area contributed by atoms with Crippen LogP contribution in [-0.4, -0.2) is 19.8 Å². The van der Waals surface area contributed by atoms with Crippen molar-refractivity contribution in [2.24, 2.45) is 0 Å². The highest BCUT2D eigenvalue weighted by Gasteiger charge is 2.39. The van der Waals surface area contributed by atoms with Crippen molar-refractivity contribution in [1.82, 2.24) is 5.32 Å². The molecule has 112 valence electrons. The molecule has 1 aromatic carbocycles. The van der Waals surface area contributed by atoms with Crippen LogP contribution in [0.3, 0.4) is 0 Å². The molecule has 0 heterocycles. The second-order valence-corrected chi connectivity index (χ2v) is 5.41. The van der Waals surface area contributed by atoms with Crippen molar-refractivity contribution in [2.75, 3.05) is 14.2 Å². The summed E-state index contributed by atoms with van der Waals surface area (Å²) in [5, 5.41) is 3.17. The molecule has 1 aliphatic rings. The summed E-state index contributed by atoms with van der Waals surface area (Å²) in [7, 11) is 3.53. The molecule has 0 amide bonds. The molecule has 1 atom stereocenters. The van der Waals surface area contributed by atoms with Gasteiger partial charge >= 0.3 is 6.18 Å². The molecule has 0 aromatic heterocycles. The summed E-state index contributed by atoms with van der Waals surface area (Å²) >= 11 is 0. The van der Waals surface area contributed by atoms with Crippen LogP contribution in [0.1, 0.15) is 42.9 Å². The van der Waals surface area contributed by atoms with E-state index in [0.29, 0.717) is 0 Å². The van der Waals surface area contributed by atoms with Crippen LogP contribution in [0.2, 0.25) is 0 Å². The van der Waals surface area contributed by atoms with E-state index >= 15 is 0 Å². The molecule has 2 rings (SSSR count). The minimum Gasteiger partial charge on any atom is -0.378 e. The predicted molar refractivity (Wildman–Crippen MR) is 71.5 cm³/mol. The van der Waals surface area contributed by atoms with E-state index in [9.17, 15) is 13.2 Å². The summed E-state index contributed by atoms with van der Waals surface area (Å²) in [6.45, 7) is 0. The Morgan fingerprint density at radius 3 is 2.20 bits per heavy atom. The average molecular weight is 287 g/mol. The summed E-state index contributed by atoms with van der Waals surface area (Å²) in [4.78, 5) is 0. The Bertz CT molecular complexity index is 432. The first-order chi connectivity index (χ1) is 9.40. The monoisotopic (exact) mass is 287 g/mol. The van der Waals surface area contributed by atoms with Crippen LogP contribution < -0.4 is 5.32 Å². The van der Waals surface area contributed by atoms with Gasteiger partial charge in [0.15, 0.2) is 0 Å². The standard InChI is InChI=1S/C15H20F3NO/c1-19-13(10-14(20-2)8-3-9-14)11-4-6-12(7-5-11)15(16,17)18/h4-7,13,19H,3,8-10H2,1-2H3. The summed E-state index contributed by atoms with van der Waals surface area (Å²) in [5.74, 6) is 0. The molecule has 2 nitrogen and oxygen atoms in total. The van der Waals surface area contributed by atoms with Crippen molar-refractivity contribution in [3.63, 3.8) is 0 Å². The van der Waals surface area contributed by atoms with E-state index < -0.39 is 11.7 Å². The van der Waals surface area contributed by atoms with E-state index in [-0.39, 0.29) is 11.6 Å². The van der Waals surface area contributed by atoms with E-state index in [1.807, 2.05) is 7.05 Å². The lowest BCUT2D eigenvalue weighted by Crippen LogP contribution is -2.42. The van der Waals surface area contributed by atoms with Crippen molar-refractivity contribution in [2.45, 2.75) is 43.5 Å². The lowest BCUT2D eigenvalue weighted by atomic mass is 9.74. The number of methoxy groups -OCH3 is 1. The van der Waals surface area contributed by atoms with Gasteiger partial charge in [0.1, 0.15) is 0 Å². The zero-order valence-corrected chi connectivity index (χ0v) is 11.8. The summed E-state index contributed by atoms with van der Waals surface area (Å²) in [6, 6.07) is 5.38. The maximum atomic E-state index is 12.6. The molecule has 1 aliphatic carbocycles. The third-order valence-electron chi connectivity index (χ3n) is 4.26. The minimum absolute atomic E-state index is 0.0116. The number of hydrogen-bond donors (Lipinski definition) is 1. The number of rotatable bonds is 5. The molecule has 0 spiro atoms. The molecule has 20 heavy (non-hydrogen) atoms. The van der Waals surface area contributed by atoms with E-state index in [2.05, 4.69) is 5.32 Å². The number of nitrogens with one attached hydrogen (secondary N) is 1. The van der Waals surface area contributed by atoms with E-state index in [1.54, 1.807) is 19.2 Å². The number of alkyl halides is 3. The van der Waals surface area contributed by atoms with Crippen LogP contribution in [0.25, 0.3) is 0 Å². The van der Waals surface area contributed by atoms with Gasteiger partial charge in [0, 0.05) is 13.2 Å². The second kappa shape index (κ2) is 5.74. The Kier molecular flexibility index (Phi) is 4.39. The highest BCUT2D eigenvalue weighted by atomic mass is 19.4. The summed E-state index contributed by atoms with van der Waals surface area (Å²) in [5.41, 5.74) is 0.140. The average Bonchev–Trinajstić information content (AvgIpc) is 2.38. The maximum Gasteiger partial charge on any atom is 0.416 e. The van der Waals surface area contributed by atoms with Gasteiger partial charge in [0.2, 0.25) is 0 Å². The van der Waals surface area contributed by atoms with Crippen LogP contribution in [-0.2, 0) is 10.9 Å². The van der Waals surface area contributed by atoms with Gasteiger partial charge in [0.05, 0.1) is 11.2 Å². The van der Waals surface area contributed by atoms with Gasteiger partial charge < -0.3 is 10.1 Å². The number of benzene rings is 1. The highest BCUT2D eigenvalue weighted by molar-refractivity contribution is 5.27. The molecule has 1 N–H and O–H groups in total. The van der Waals surface area contributed by atoms with Crippen molar-refractivity contribution >= 4 is 0 Å². The molecule has 0 saturated heterocycles. The lowest BCUT2D eigenvalue weighted by Gasteiger charge is -2.43. The predicted octanol–water partition coefficient (Wildman–Crippen LogP) is 3.93. The Morgan fingerprint density at radius 1 is 1.25 bits per heavy atom. The molecular formula is C15H20F3NO. The minimum atomic E-state index is -4.28. The van der Waals surface area contributed by atoms with Gasteiger partial charge in [-0.25, -0.2) is 0 Å². The van der Waals surface area contributed by atoms with Crippen LogP contribution in [0.15, 0.2) is 24.3 Å². The second-order valence-electron chi connectivity index (χ2n) is 5.41. The first-order valence-electron chi connectivity index (χ1n) is 6.80. The zero-order valence-electron chi connectivity index (χ0n) is 11.8. The van der Waals surface area contributed by atoms with Gasteiger partial charge in [-0.3, -0.25) is 0 Å². The third kappa shape index (κ3) is 3.15. The van der Waals surface area contributed by atoms with Crippen LogP contribution in [0.4, 0.5) is 13.2 Å². The van der Waals surface area contributed by atoms with Crippen molar-refractivity contribution < 1.29 is 17.9 Å². The summed E-state index contributed by atoms with van der Waals surface area (Å²) < 4.78 is 43.3. The Morgan fingerprint density at radius 2 is 1.85 bits per heavy atom. The first-order valence-corrected chi connectivity index (χ1v) is 6.80. The van der Waals surface area contributed by atoms with Crippen LogP contribution in [0.5, 0.6) is 0 Å².